The van der Waals surface area contributed by atoms with Gasteiger partial charge in [0.2, 0.25) is 0 Å². The smallest absolute Gasteiger partial charge is 0.191 e. The molecule has 0 bridgehead atoms. The number of benzene rings is 1. The minimum atomic E-state index is 0. The molecule has 5 nitrogen and oxygen atoms in total. The highest BCUT2D eigenvalue weighted by atomic mass is 127. The van der Waals surface area contributed by atoms with Crippen LogP contribution in [0.3, 0.4) is 0 Å². The predicted octanol–water partition coefficient (Wildman–Crippen LogP) is 3.58. The highest BCUT2D eigenvalue weighted by molar-refractivity contribution is 14.0. The lowest BCUT2D eigenvalue weighted by molar-refractivity contribution is 0.332. The van der Waals surface area contributed by atoms with Crippen molar-refractivity contribution in [3.05, 3.63) is 29.3 Å². The van der Waals surface area contributed by atoms with Crippen molar-refractivity contribution in [3.63, 3.8) is 0 Å². The van der Waals surface area contributed by atoms with Gasteiger partial charge in [-0.1, -0.05) is 31.0 Å². The first-order valence-electron chi connectivity index (χ1n) is 8.82. The van der Waals surface area contributed by atoms with E-state index in [4.69, 9.17) is 4.74 Å². The summed E-state index contributed by atoms with van der Waals surface area (Å²) in [5.74, 6) is 1.71. The second kappa shape index (κ2) is 13.2. The van der Waals surface area contributed by atoms with E-state index in [1.165, 1.54) is 18.4 Å². The zero-order valence-electron chi connectivity index (χ0n) is 16.6. The normalized spacial score (nSPS) is 12.5. The van der Waals surface area contributed by atoms with E-state index < -0.39 is 0 Å². The van der Waals surface area contributed by atoms with Crippen LogP contribution in [0.1, 0.15) is 43.9 Å². The van der Waals surface area contributed by atoms with Crippen molar-refractivity contribution in [2.24, 2.45) is 4.99 Å². The zero-order chi connectivity index (χ0) is 17.9. The van der Waals surface area contributed by atoms with Crippen LogP contribution in [0.4, 0.5) is 0 Å². The van der Waals surface area contributed by atoms with Gasteiger partial charge < -0.3 is 20.3 Å². The first-order chi connectivity index (χ1) is 11.5. The van der Waals surface area contributed by atoms with Gasteiger partial charge >= 0.3 is 0 Å². The van der Waals surface area contributed by atoms with E-state index in [1.54, 1.807) is 14.2 Å². The topological polar surface area (TPSA) is 48.9 Å². The number of likely N-dealkylation sites (N-methyl/N-ethyl adjacent to an activating group) is 1. The third-order valence-electron chi connectivity index (χ3n) is 4.11. The van der Waals surface area contributed by atoms with Gasteiger partial charge in [0.05, 0.1) is 13.2 Å². The molecule has 0 amide bonds. The molecular formula is C19H35IN4O. The van der Waals surface area contributed by atoms with E-state index >= 15 is 0 Å². The lowest BCUT2D eigenvalue weighted by atomic mass is 10.0. The lowest BCUT2D eigenvalue weighted by Gasteiger charge is -2.22. The minimum absolute atomic E-state index is 0. The number of halogens is 1. The lowest BCUT2D eigenvalue weighted by Crippen LogP contribution is -2.42. The number of rotatable bonds is 9. The van der Waals surface area contributed by atoms with Gasteiger partial charge in [0.1, 0.15) is 5.75 Å². The first-order valence-corrected chi connectivity index (χ1v) is 8.82. The fraction of sp³-hybridized carbons (Fsp3) is 0.632. The van der Waals surface area contributed by atoms with Crippen LogP contribution in [0, 0.1) is 6.92 Å². The summed E-state index contributed by atoms with van der Waals surface area (Å²) in [6, 6.07) is 6.35. The predicted molar refractivity (Wildman–Crippen MR) is 118 cm³/mol. The third kappa shape index (κ3) is 8.76. The van der Waals surface area contributed by atoms with E-state index in [9.17, 15) is 0 Å². The Hall–Kier alpha value is -1.02. The van der Waals surface area contributed by atoms with Crippen LogP contribution in [0.5, 0.6) is 5.75 Å². The summed E-state index contributed by atoms with van der Waals surface area (Å²) in [5.41, 5.74) is 2.36. The van der Waals surface area contributed by atoms with Crippen LogP contribution in [-0.2, 0) is 0 Å². The third-order valence-corrected chi connectivity index (χ3v) is 4.11. The number of aryl methyl sites for hydroxylation is 1. The quantitative estimate of drug-likeness (QED) is 0.335. The van der Waals surface area contributed by atoms with E-state index in [2.05, 4.69) is 60.5 Å². The van der Waals surface area contributed by atoms with Gasteiger partial charge in [-0.25, -0.2) is 0 Å². The van der Waals surface area contributed by atoms with E-state index in [-0.39, 0.29) is 30.0 Å². The Morgan fingerprint density at radius 1 is 1.32 bits per heavy atom. The molecule has 0 radical (unpaired) electrons. The number of unbranched alkanes of at least 4 members (excludes halogenated alkanes) is 1. The average Bonchev–Trinajstić information content (AvgIpc) is 2.58. The number of guanidine groups is 1. The molecule has 0 aliphatic heterocycles. The molecule has 0 aromatic heterocycles. The van der Waals surface area contributed by atoms with E-state index in [1.807, 2.05) is 6.07 Å². The molecule has 25 heavy (non-hydrogen) atoms. The Kier molecular flexibility index (Phi) is 12.7. The zero-order valence-corrected chi connectivity index (χ0v) is 18.9. The van der Waals surface area contributed by atoms with E-state index in [0.29, 0.717) is 0 Å². The minimum Gasteiger partial charge on any atom is -0.496 e. The summed E-state index contributed by atoms with van der Waals surface area (Å²) in [7, 11) is 5.67. The van der Waals surface area contributed by atoms with Crippen LogP contribution in [0.25, 0.3) is 0 Å². The van der Waals surface area contributed by atoms with Gasteiger partial charge in [0.15, 0.2) is 5.96 Å². The molecule has 1 aromatic carbocycles. The molecule has 1 unspecified atom stereocenters. The summed E-state index contributed by atoms with van der Waals surface area (Å²) >= 11 is 0. The summed E-state index contributed by atoms with van der Waals surface area (Å²) in [5, 5.41) is 6.83. The Bertz CT molecular complexity index is 522. The standard InChI is InChI=1S/C19H34N4O.HI/c1-7-8-12-23(5)13-11-21-19(20-4)22-16(3)17-14-15(2)9-10-18(17)24-6;/h9-10,14,16H,7-8,11-13H2,1-6H3,(H2,20,21,22);1H. The fourth-order valence-electron chi connectivity index (χ4n) is 2.57. The SMILES string of the molecule is CCCCN(C)CCNC(=NC)NC(C)c1cc(C)ccc1OC.I. The molecular weight excluding hydrogens is 427 g/mol. The van der Waals surface area contributed by atoms with Crippen molar-refractivity contribution in [1.82, 2.24) is 15.5 Å². The van der Waals surface area contributed by atoms with Crippen LogP contribution in [-0.4, -0.2) is 51.7 Å². The number of nitrogens with zero attached hydrogens (tertiary/aromatic N) is 2. The molecule has 0 aliphatic rings. The Morgan fingerprint density at radius 3 is 2.64 bits per heavy atom. The van der Waals surface area contributed by atoms with Gasteiger partial charge in [-0.05, 0) is 39.9 Å². The van der Waals surface area contributed by atoms with Crippen molar-refractivity contribution >= 4 is 29.9 Å². The molecule has 6 heteroatoms. The number of nitrogens with one attached hydrogen (secondary N) is 2. The van der Waals surface area contributed by atoms with Crippen molar-refractivity contribution in [2.45, 2.75) is 39.7 Å². The highest BCUT2D eigenvalue weighted by Crippen LogP contribution is 2.25. The Morgan fingerprint density at radius 2 is 2.04 bits per heavy atom. The van der Waals surface area contributed by atoms with Crippen molar-refractivity contribution in [2.75, 3.05) is 40.8 Å². The molecule has 0 spiro atoms. The maximum Gasteiger partial charge on any atom is 0.191 e. The second-order valence-corrected chi connectivity index (χ2v) is 6.27. The molecule has 0 heterocycles. The van der Waals surface area contributed by atoms with Gasteiger partial charge in [-0.15, -0.1) is 24.0 Å². The summed E-state index contributed by atoms with van der Waals surface area (Å²) in [6.07, 6.45) is 2.48. The molecule has 0 saturated heterocycles. The van der Waals surface area contributed by atoms with E-state index in [0.717, 1.165) is 36.9 Å². The van der Waals surface area contributed by atoms with Gasteiger partial charge in [0, 0.05) is 25.7 Å². The number of methoxy groups -OCH3 is 1. The number of ether oxygens (including phenoxy) is 1. The molecule has 1 rings (SSSR count). The van der Waals surface area contributed by atoms with Crippen molar-refractivity contribution in [3.8, 4) is 5.75 Å². The molecule has 0 fully saturated rings. The molecule has 0 aliphatic carbocycles. The molecule has 1 atom stereocenters. The highest BCUT2D eigenvalue weighted by Gasteiger charge is 2.13. The van der Waals surface area contributed by atoms with Crippen molar-refractivity contribution in [1.29, 1.82) is 0 Å². The largest absolute Gasteiger partial charge is 0.496 e. The van der Waals surface area contributed by atoms with Gasteiger partial charge in [0.25, 0.3) is 0 Å². The summed E-state index contributed by atoms with van der Waals surface area (Å²) < 4.78 is 5.48. The molecule has 2 N–H and O–H groups in total. The number of aliphatic imine (C=N–C) groups is 1. The second-order valence-electron chi connectivity index (χ2n) is 6.27. The average molecular weight is 462 g/mol. The molecule has 0 saturated carbocycles. The Balaban J connectivity index is 0.00000576. The van der Waals surface area contributed by atoms with Crippen LogP contribution in [0.2, 0.25) is 0 Å². The van der Waals surface area contributed by atoms with Crippen LogP contribution in [0.15, 0.2) is 23.2 Å². The molecule has 1 aromatic rings. The fourth-order valence-corrected chi connectivity index (χ4v) is 2.57. The summed E-state index contributed by atoms with van der Waals surface area (Å²) in [4.78, 5) is 6.67. The first kappa shape index (κ1) is 24.0. The number of hydrogen-bond acceptors (Lipinski definition) is 3. The Labute approximate surface area is 170 Å². The van der Waals surface area contributed by atoms with Gasteiger partial charge in [-0.2, -0.15) is 0 Å². The van der Waals surface area contributed by atoms with Crippen LogP contribution >= 0.6 is 24.0 Å². The van der Waals surface area contributed by atoms with Crippen molar-refractivity contribution < 1.29 is 4.74 Å². The summed E-state index contributed by atoms with van der Waals surface area (Å²) in [6.45, 7) is 9.45. The monoisotopic (exact) mass is 462 g/mol. The molecule has 144 valence electrons. The maximum atomic E-state index is 5.48. The maximum absolute atomic E-state index is 5.48. The number of hydrogen-bond donors (Lipinski definition) is 2. The van der Waals surface area contributed by atoms with Crippen LogP contribution < -0.4 is 15.4 Å². The van der Waals surface area contributed by atoms with Gasteiger partial charge in [-0.3, -0.25) is 4.99 Å².